The fourth-order valence-corrected chi connectivity index (χ4v) is 4.43. The smallest absolute Gasteiger partial charge is 0.339 e. The van der Waals surface area contributed by atoms with Gasteiger partial charge in [0.25, 0.3) is 5.91 Å². The number of rotatable bonds is 4. The molecule has 1 saturated heterocycles. The zero-order valence-corrected chi connectivity index (χ0v) is 14.0. The number of hydrogen-bond acceptors (Lipinski definition) is 6. The minimum absolute atomic E-state index is 0.0382. The molecule has 1 aromatic carbocycles. The van der Waals surface area contributed by atoms with Crippen LogP contribution in [0, 0.1) is 0 Å². The van der Waals surface area contributed by atoms with E-state index in [9.17, 15) is 22.8 Å². The standard InChI is InChI=1S/C16H16N2O6S/c19-14-7-12(11-3-1-2-4-13(11)18-14)16(21)24-8-15(20)17-10-5-6-25(22,23)9-10/h1-4,7,10H,5-6,8-9H2,(H,17,20)(H,18,19)/t10-/m1/s1. The molecule has 25 heavy (non-hydrogen) atoms. The molecule has 2 aromatic rings. The van der Waals surface area contributed by atoms with Crippen molar-refractivity contribution in [1.82, 2.24) is 10.3 Å². The van der Waals surface area contributed by atoms with Gasteiger partial charge in [0.15, 0.2) is 16.4 Å². The zero-order valence-electron chi connectivity index (χ0n) is 13.2. The fraction of sp³-hybridized carbons (Fsp3) is 0.312. The van der Waals surface area contributed by atoms with Crippen molar-refractivity contribution in [2.24, 2.45) is 0 Å². The zero-order chi connectivity index (χ0) is 18.0. The van der Waals surface area contributed by atoms with E-state index in [0.717, 1.165) is 6.07 Å². The topological polar surface area (TPSA) is 122 Å². The minimum Gasteiger partial charge on any atom is -0.452 e. The summed E-state index contributed by atoms with van der Waals surface area (Å²) in [5.74, 6) is -1.44. The normalized spacial score (nSPS) is 18.8. The molecule has 1 atom stereocenters. The number of aromatic nitrogens is 1. The molecule has 8 nitrogen and oxygen atoms in total. The Kier molecular flexibility index (Phi) is 4.58. The van der Waals surface area contributed by atoms with Crippen LogP contribution in [0.25, 0.3) is 10.9 Å². The van der Waals surface area contributed by atoms with Gasteiger partial charge in [0.1, 0.15) is 0 Å². The van der Waals surface area contributed by atoms with Crippen LogP contribution < -0.4 is 10.9 Å². The first kappa shape index (κ1) is 17.2. The number of amides is 1. The first-order valence-electron chi connectivity index (χ1n) is 7.63. The summed E-state index contributed by atoms with van der Waals surface area (Å²) in [6.07, 6.45) is 0.348. The molecule has 0 radical (unpaired) electrons. The highest BCUT2D eigenvalue weighted by molar-refractivity contribution is 7.91. The first-order chi connectivity index (χ1) is 11.8. The number of esters is 1. The lowest BCUT2D eigenvalue weighted by Crippen LogP contribution is -2.38. The van der Waals surface area contributed by atoms with Crippen molar-refractivity contribution in [2.75, 3.05) is 18.1 Å². The Balaban J connectivity index is 1.65. The van der Waals surface area contributed by atoms with Crippen molar-refractivity contribution in [3.05, 3.63) is 46.2 Å². The molecule has 2 heterocycles. The van der Waals surface area contributed by atoms with Gasteiger partial charge in [0.2, 0.25) is 5.56 Å². The average molecular weight is 364 g/mol. The van der Waals surface area contributed by atoms with Crippen molar-refractivity contribution in [2.45, 2.75) is 12.5 Å². The maximum atomic E-state index is 12.2. The SMILES string of the molecule is O=C(COC(=O)c1cc(=O)[nH]c2ccccc12)N[C@@H]1CCS(=O)(=O)C1. The quantitative estimate of drug-likeness (QED) is 0.736. The summed E-state index contributed by atoms with van der Waals surface area (Å²) in [7, 11) is -3.11. The largest absolute Gasteiger partial charge is 0.452 e. The number of sulfone groups is 1. The molecule has 1 amide bonds. The number of ether oxygens (including phenoxy) is 1. The third kappa shape index (κ3) is 4.05. The van der Waals surface area contributed by atoms with E-state index in [1.165, 1.54) is 0 Å². The molecule has 1 aromatic heterocycles. The maximum absolute atomic E-state index is 12.2. The lowest BCUT2D eigenvalue weighted by Gasteiger charge is -2.11. The van der Waals surface area contributed by atoms with Gasteiger partial charge in [-0.25, -0.2) is 13.2 Å². The molecule has 1 fully saturated rings. The Morgan fingerprint density at radius 3 is 2.76 bits per heavy atom. The van der Waals surface area contributed by atoms with Gasteiger partial charge < -0.3 is 15.0 Å². The van der Waals surface area contributed by atoms with E-state index in [-0.39, 0.29) is 17.1 Å². The number of H-pyrrole nitrogens is 1. The van der Waals surface area contributed by atoms with E-state index in [0.29, 0.717) is 17.3 Å². The lowest BCUT2D eigenvalue weighted by molar-refractivity contribution is -0.124. The second-order valence-electron chi connectivity index (χ2n) is 5.84. The molecular weight excluding hydrogens is 348 g/mol. The monoisotopic (exact) mass is 364 g/mol. The number of nitrogens with one attached hydrogen (secondary N) is 2. The molecule has 0 saturated carbocycles. The van der Waals surface area contributed by atoms with E-state index < -0.39 is 39.9 Å². The molecule has 2 N–H and O–H groups in total. The molecule has 0 aliphatic carbocycles. The second kappa shape index (κ2) is 6.67. The van der Waals surface area contributed by atoms with Gasteiger partial charge in [-0.3, -0.25) is 9.59 Å². The Labute approximate surface area is 143 Å². The van der Waals surface area contributed by atoms with Crippen molar-refractivity contribution in [3.63, 3.8) is 0 Å². The summed E-state index contributed by atoms with van der Waals surface area (Å²) < 4.78 is 27.7. The summed E-state index contributed by atoms with van der Waals surface area (Å²) in [6.45, 7) is -0.545. The number of fused-ring (bicyclic) bond motifs is 1. The molecule has 132 valence electrons. The summed E-state index contributed by atoms with van der Waals surface area (Å²) in [5.41, 5.74) is 0.101. The Morgan fingerprint density at radius 2 is 2.04 bits per heavy atom. The number of aromatic amines is 1. The summed E-state index contributed by atoms with van der Waals surface area (Å²) in [6, 6.07) is 7.40. The Bertz CT molecular complexity index is 995. The van der Waals surface area contributed by atoms with Gasteiger partial charge in [-0.1, -0.05) is 18.2 Å². The van der Waals surface area contributed by atoms with Gasteiger partial charge in [0.05, 0.1) is 17.1 Å². The summed E-state index contributed by atoms with van der Waals surface area (Å²) >= 11 is 0. The van der Waals surface area contributed by atoms with E-state index >= 15 is 0 Å². The van der Waals surface area contributed by atoms with Crippen molar-refractivity contribution in [1.29, 1.82) is 0 Å². The van der Waals surface area contributed by atoms with Crippen LogP contribution in [0.3, 0.4) is 0 Å². The molecule has 1 aliphatic rings. The van der Waals surface area contributed by atoms with Gasteiger partial charge in [-0.2, -0.15) is 0 Å². The average Bonchev–Trinajstić information content (AvgIpc) is 2.90. The molecule has 0 bridgehead atoms. The van der Waals surface area contributed by atoms with Crippen molar-refractivity contribution in [3.8, 4) is 0 Å². The van der Waals surface area contributed by atoms with E-state index in [1.807, 2.05) is 0 Å². The highest BCUT2D eigenvalue weighted by atomic mass is 32.2. The van der Waals surface area contributed by atoms with Crippen LogP contribution in [0.15, 0.2) is 35.1 Å². The van der Waals surface area contributed by atoms with E-state index in [4.69, 9.17) is 4.74 Å². The van der Waals surface area contributed by atoms with Crippen LogP contribution in [0.2, 0.25) is 0 Å². The predicted molar refractivity (Wildman–Crippen MR) is 90.1 cm³/mol. The number of para-hydroxylation sites is 1. The number of carbonyl (C=O) groups is 2. The molecule has 3 rings (SSSR count). The van der Waals surface area contributed by atoms with E-state index in [1.54, 1.807) is 24.3 Å². The Morgan fingerprint density at radius 1 is 1.28 bits per heavy atom. The van der Waals surface area contributed by atoms with Gasteiger partial charge in [-0.05, 0) is 12.5 Å². The predicted octanol–water partition coefficient (Wildman–Crippen LogP) is -0.0118. The van der Waals surface area contributed by atoms with Crippen LogP contribution in [-0.4, -0.2) is 49.4 Å². The van der Waals surface area contributed by atoms with Crippen LogP contribution in [0.5, 0.6) is 0 Å². The number of benzene rings is 1. The summed E-state index contributed by atoms with van der Waals surface area (Å²) in [4.78, 5) is 38.3. The van der Waals surface area contributed by atoms with Gasteiger partial charge >= 0.3 is 5.97 Å². The number of hydrogen-bond donors (Lipinski definition) is 2. The maximum Gasteiger partial charge on any atom is 0.339 e. The minimum atomic E-state index is -3.11. The highest BCUT2D eigenvalue weighted by Gasteiger charge is 2.29. The second-order valence-corrected chi connectivity index (χ2v) is 8.07. The Hall–Kier alpha value is -2.68. The molecular formula is C16H16N2O6S. The highest BCUT2D eigenvalue weighted by Crippen LogP contribution is 2.15. The molecule has 0 spiro atoms. The number of carbonyl (C=O) groups excluding carboxylic acids is 2. The summed E-state index contributed by atoms with van der Waals surface area (Å²) in [5, 5.41) is 3.04. The number of pyridine rings is 1. The van der Waals surface area contributed by atoms with Crippen molar-refractivity contribution >= 4 is 32.6 Å². The molecule has 1 aliphatic heterocycles. The van der Waals surface area contributed by atoms with Gasteiger partial charge in [-0.15, -0.1) is 0 Å². The van der Waals surface area contributed by atoms with Crippen LogP contribution in [-0.2, 0) is 19.4 Å². The molecule has 0 unspecified atom stereocenters. The third-order valence-corrected chi connectivity index (χ3v) is 5.67. The van der Waals surface area contributed by atoms with Crippen LogP contribution in [0.1, 0.15) is 16.8 Å². The van der Waals surface area contributed by atoms with Crippen molar-refractivity contribution < 1.29 is 22.7 Å². The fourth-order valence-electron chi connectivity index (χ4n) is 2.76. The van der Waals surface area contributed by atoms with Crippen LogP contribution in [0.4, 0.5) is 0 Å². The first-order valence-corrected chi connectivity index (χ1v) is 9.45. The third-order valence-electron chi connectivity index (χ3n) is 3.90. The van der Waals surface area contributed by atoms with Crippen LogP contribution >= 0.6 is 0 Å². The van der Waals surface area contributed by atoms with E-state index in [2.05, 4.69) is 10.3 Å². The molecule has 9 heteroatoms. The lowest BCUT2D eigenvalue weighted by atomic mass is 10.1. The van der Waals surface area contributed by atoms with Gasteiger partial charge in [0, 0.05) is 23.0 Å².